The van der Waals surface area contributed by atoms with Crippen LogP contribution in [-0.4, -0.2) is 45.2 Å². The Balaban J connectivity index is 4.10. The lowest BCUT2D eigenvalue weighted by Crippen LogP contribution is -2.42. The molecule has 2 unspecified atom stereocenters. The van der Waals surface area contributed by atoms with E-state index in [1.165, 1.54) is 6.26 Å². The van der Waals surface area contributed by atoms with Crippen LogP contribution in [0.4, 0.5) is 0 Å². The topological polar surface area (TPSA) is 55.4 Å². The van der Waals surface area contributed by atoms with Crippen molar-refractivity contribution < 1.29 is 13.2 Å². The molecular weight excluding hydrogens is 226 g/mol. The summed E-state index contributed by atoms with van der Waals surface area (Å²) in [6.07, 6.45) is 2.10. The SMILES string of the molecule is COC(C)(C)CC(C)NC(C)CS(C)(=O)=O. The summed E-state index contributed by atoms with van der Waals surface area (Å²) in [4.78, 5) is 0. The van der Waals surface area contributed by atoms with Crippen LogP contribution in [0.15, 0.2) is 0 Å². The first-order valence-electron chi connectivity index (χ1n) is 5.54. The molecule has 0 bridgehead atoms. The van der Waals surface area contributed by atoms with Crippen LogP contribution < -0.4 is 5.32 Å². The van der Waals surface area contributed by atoms with Crippen molar-refractivity contribution in [1.82, 2.24) is 5.32 Å². The van der Waals surface area contributed by atoms with Crippen LogP contribution in [0.1, 0.15) is 34.1 Å². The molecule has 98 valence electrons. The van der Waals surface area contributed by atoms with E-state index in [9.17, 15) is 8.42 Å². The van der Waals surface area contributed by atoms with Gasteiger partial charge >= 0.3 is 0 Å². The molecule has 2 atom stereocenters. The zero-order valence-electron chi connectivity index (χ0n) is 11.2. The molecule has 0 saturated heterocycles. The highest BCUT2D eigenvalue weighted by Gasteiger charge is 2.21. The third-order valence-corrected chi connectivity index (χ3v) is 3.58. The lowest BCUT2D eigenvalue weighted by atomic mass is 9.99. The van der Waals surface area contributed by atoms with Crippen molar-refractivity contribution in [3.8, 4) is 0 Å². The largest absolute Gasteiger partial charge is 0.379 e. The van der Waals surface area contributed by atoms with Gasteiger partial charge in [0, 0.05) is 25.4 Å². The summed E-state index contributed by atoms with van der Waals surface area (Å²) >= 11 is 0. The Hall–Kier alpha value is -0.130. The van der Waals surface area contributed by atoms with Crippen molar-refractivity contribution in [3.05, 3.63) is 0 Å². The molecule has 5 heteroatoms. The van der Waals surface area contributed by atoms with Crippen molar-refractivity contribution in [2.24, 2.45) is 0 Å². The third kappa shape index (κ3) is 8.07. The predicted molar refractivity (Wildman–Crippen MR) is 67.5 cm³/mol. The van der Waals surface area contributed by atoms with Gasteiger partial charge in [0.05, 0.1) is 11.4 Å². The van der Waals surface area contributed by atoms with Gasteiger partial charge in [-0.1, -0.05) is 0 Å². The summed E-state index contributed by atoms with van der Waals surface area (Å²) < 4.78 is 27.5. The van der Waals surface area contributed by atoms with Crippen LogP contribution in [0.5, 0.6) is 0 Å². The second-order valence-corrected chi connectivity index (χ2v) is 7.41. The van der Waals surface area contributed by atoms with E-state index in [-0.39, 0.29) is 23.4 Å². The van der Waals surface area contributed by atoms with Crippen LogP contribution in [0.2, 0.25) is 0 Å². The Kier molecular flexibility index (Phi) is 5.93. The van der Waals surface area contributed by atoms with Gasteiger partial charge in [-0.05, 0) is 34.1 Å². The van der Waals surface area contributed by atoms with Crippen LogP contribution in [0, 0.1) is 0 Å². The Labute approximate surface area is 99.7 Å². The van der Waals surface area contributed by atoms with Crippen LogP contribution in [0.3, 0.4) is 0 Å². The Morgan fingerprint density at radius 1 is 1.25 bits per heavy atom. The summed E-state index contributed by atoms with van der Waals surface area (Å²) in [7, 11) is -1.22. The van der Waals surface area contributed by atoms with E-state index in [1.807, 2.05) is 27.7 Å². The van der Waals surface area contributed by atoms with Crippen LogP contribution in [0.25, 0.3) is 0 Å². The lowest BCUT2D eigenvalue weighted by molar-refractivity contribution is 0.00805. The monoisotopic (exact) mass is 251 g/mol. The number of hydrogen-bond donors (Lipinski definition) is 1. The molecule has 0 rings (SSSR count). The fourth-order valence-electron chi connectivity index (χ4n) is 1.87. The average Bonchev–Trinajstić information content (AvgIpc) is 1.98. The molecule has 0 heterocycles. The molecule has 0 aliphatic rings. The van der Waals surface area contributed by atoms with Gasteiger partial charge in [0.15, 0.2) is 0 Å². The molecule has 0 aromatic rings. The number of nitrogens with one attached hydrogen (secondary N) is 1. The average molecular weight is 251 g/mol. The van der Waals surface area contributed by atoms with Gasteiger partial charge in [0.25, 0.3) is 0 Å². The van der Waals surface area contributed by atoms with Crippen LogP contribution in [-0.2, 0) is 14.6 Å². The van der Waals surface area contributed by atoms with Gasteiger partial charge in [-0.2, -0.15) is 0 Å². The summed E-state index contributed by atoms with van der Waals surface area (Å²) in [5.41, 5.74) is -0.183. The molecule has 0 aromatic carbocycles. The minimum atomic E-state index is -2.91. The van der Waals surface area contributed by atoms with Gasteiger partial charge in [0.1, 0.15) is 9.84 Å². The minimum Gasteiger partial charge on any atom is -0.379 e. The second-order valence-electron chi connectivity index (χ2n) is 5.23. The normalized spacial score (nSPS) is 17.1. The van der Waals surface area contributed by atoms with Crippen molar-refractivity contribution in [2.45, 2.75) is 51.8 Å². The predicted octanol–water partition coefficient (Wildman–Crippen LogP) is 1.21. The maximum atomic E-state index is 11.1. The van der Waals surface area contributed by atoms with Gasteiger partial charge in [-0.25, -0.2) is 8.42 Å². The molecule has 1 N–H and O–H groups in total. The van der Waals surface area contributed by atoms with Crippen molar-refractivity contribution in [3.63, 3.8) is 0 Å². The maximum Gasteiger partial charge on any atom is 0.148 e. The Bertz CT molecular complexity index is 298. The van der Waals surface area contributed by atoms with E-state index in [2.05, 4.69) is 5.32 Å². The Morgan fingerprint density at radius 3 is 2.12 bits per heavy atom. The number of rotatable bonds is 7. The third-order valence-electron chi connectivity index (χ3n) is 2.47. The molecule has 4 nitrogen and oxygen atoms in total. The molecule has 0 spiro atoms. The lowest BCUT2D eigenvalue weighted by Gasteiger charge is -2.28. The fourth-order valence-corrected chi connectivity index (χ4v) is 2.87. The fraction of sp³-hybridized carbons (Fsp3) is 1.00. The quantitative estimate of drug-likeness (QED) is 0.739. The van der Waals surface area contributed by atoms with E-state index in [0.717, 1.165) is 6.42 Å². The van der Waals surface area contributed by atoms with Gasteiger partial charge < -0.3 is 10.1 Å². The molecular formula is C11H25NO3S. The maximum absolute atomic E-state index is 11.1. The summed E-state index contributed by atoms with van der Waals surface area (Å²) in [5, 5.41) is 3.27. The van der Waals surface area contributed by atoms with E-state index in [0.29, 0.717) is 0 Å². The second kappa shape index (κ2) is 5.98. The van der Waals surface area contributed by atoms with Crippen LogP contribution >= 0.6 is 0 Å². The highest BCUT2D eigenvalue weighted by molar-refractivity contribution is 7.90. The minimum absolute atomic E-state index is 0.0299. The molecule has 0 amide bonds. The molecule has 0 radical (unpaired) electrons. The first-order valence-corrected chi connectivity index (χ1v) is 7.61. The number of sulfone groups is 1. The summed E-state index contributed by atoms with van der Waals surface area (Å²) in [6.45, 7) is 7.97. The van der Waals surface area contributed by atoms with E-state index >= 15 is 0 Å². The van der Waals surface area contributed by atoms with Crippen molar-refractivity contribution in [2.75, 3.05) is 19.1 Å². The first kappa shape index (κ1) is 15.9. The molecule has 0 fully saturated rings. The molecule has 0 saturated carbocycles. The smallest absolute Gasteiger partial charge is 0.148 e. The molecule has 0 aliphatic heterocycles. The summed E-state index contributed by atoms with van der Waals surface area (Å²) in [6, 6.07) is 0.198. The molecule has 16 heavy (non-hydrogen) atoms. The van der Waals surface area contributed by atoms with Gasteiger partial charge in [0.2, 0.25) is 0 Å². The van der Waals surface area contributed by atoms with E-state index in [1.54, 1.807) is 7.11 Å². The highest BCUT2D eigenvalue weighted by Crippen LogP contribution is 2.15. The molecule has 0 aliphatic carbocycles. The summed E-state index contributed by atoms with van der Waals surface area (Å²) in [5.74, 6) is 0.171. The highest BCUT2D eigenvalue weighted by atomic mass is 32.2. The number of methoxy groups -OCH3 is 1. The zero-order valence-corrected chi connectivity index (χ0v) is 12.0. The molecule has 0 aromatic heterocycles. The van der Waals surface area contributed by atoms with Crippen molar-refractivity contribution >= 4 is 9.84 Å². The first-order chi connectivity index (χ1) is 7.06. The Morgan fingerprint density at radius 2 is 1.75 bits per heavy atom. The van der Waals surface area contributed by atoms with Gasteiger partial charge in [-0.15, -0.1) is 0 Å². The van der Waals surface area contributed by atoms with Crippen molar-refractivity contribution in [1.29, 1.82) is 0 Å². The zero-order chi connectivity index (χ0) is 13.0. The van der Waals surface area contributed by atoms with Gasteiger partial charge in [-0.3, -0.25) is 0 Å². The standard InChI is InChI=1S/C11H25NO3S/c1-9(7-11(3,4)15-5)12-10(2)8-16(6,13)14/h9-10,12H,7-8H2,1-6H3. The number of hydrogen-bond acceptors (Lipinski definition) is 4. The van der Waals surface area contributed by atoms with E-state index in [4.69, 9.17) is 4.74 Å². The number of ether oxygens (including phenoxy) is 1. The van der Waals surface area contributed by atoms with E-state index < -0.39 is 9.84 Å².